The van der Waals surface area contributed by atoms with Gasteiger partial charge in [0.1, 0.15) is 0 Å². The van der Waals surface area contributed by atoms with E-state index in [0.717, 1.165) is 38.2 Å². The van der Waals surface area contributed by atoms with Crippen LogP contribution in [0.4, 0.5) is 0 Å². The summed E-state index contributed by atoms with van der Waals surface area (Å²) in [5.41, 5.74) is 4.73. The van der Waals surface area contributed by atoms with Gasteiger partial charge in [-0.25, -0.2) is 0 Å². The lowest BCUT2D eigenvalue weighted by Gasteiger charge is -2.27. The summed E-state index contributed by atoms with van der Waals surface area (Å²) in [6, 6.07) is 8.26. The molecule has 0 bridgehead atoms. The van der Waals surface area contributed by atoms with E-state index < -0.39 is 0 Å². The van der Waals surface area contributed by atoms with Crippen LogP contribution >= 0.6 is 23.7 Å². The molecule has 2 aliphatic rings. The van der Waals surface area contributed by atoms with Crippen LogP contribution in [0.15, 0.2) is 29.6 Å². The predicted molar refractivity (Wildman–Crippen MR) is 87.0 cm³/mol. The van der Waals surface area contributed by atoms with E-state index >= 15 is 0 Å². The molecule has 5 heteroatoms. The number of carbonyl (C=O) groups excluding carboxylic acids is 1. The van der Waals surface area contributed by atoms with Crippen molar-refractivity contribution in [3.05, 3.63) is 56.8 Å². The molecule has 21 heavy (non-hydrogen) atoms. The van der Waals surface area contributed by atoms with Crippen LogP contribution in [0.2, 0.25) is 0 Å². The maximum Gasteiger partial charge on any atom is 0.254 e. The lowest BCUT2D eigenvalue weighted by molar-refractivity contribution is 0.0736. The monoisotopic (exact) mass is 320 g/mol. The summed E-state index contributed by atoms with van der Waals surface area (Å²) >= 11 is 1.80. The molecule has 0 atom stereocenters. The number of hydrogen-bond donors (Lipinski definition) is 1. The minimum atomic E-state index is 0. The molecule has 0 saturated heterocycles. The van der Waals surface area contributed by atoms with E-state index in [-0.39, 0.29) is 18.3 Å². The molecule has 0 fully saturated rings. The molecule has 2 aliphatic heterocycles. The van der Waals surface area contributed by atoms with E-state index in [4.69, 9.17) is 0 Å². The van der Waals surface area contributed by atoms with Gasteiger partial charge >= 0.3 is 0 Å². The molecule has 0 aliphatic carbocycles. The van der Waals surface area contributed by atoms with Gasteiger partial charge in [0, 0.05) is 36.6 Å². The van der Waals surface area contributed by atoms with Gasteiger partial charge in [-0.05, 0) is 46.7 Å². The van der Waals surface area contributed by atoms with Crippen LogP contribution < -0.4 is 5.32 Å². The van der Waals surface area contributed by atoms with E-state index in [2.05, 4.69) is 28.9 Å². The van der Waals surface area contributed by atoms with Crippen LogP contribution in [0.25, 0.3) is 0 Å². The maximum atomic E-state index is 12.6. The standard InChI is InChI=1S/C16H16N2OS.ClH/c19-16(11-1-2-12-8-17-9-14(12)7-11)18-5-3-15-13(10-18)4-6-20-15;/h1-2,4,6-7,17H,3,5,8-10H2;1H. The Labute approximate surface area is 134 Å². The number of thiophene rings is 1. The summed E-state index contributed by atoms with van der Waals surface area (Å²) < 4.78 is 0. The quantitative estimate of drug-likeness (QED) is 0.876. The SMILES string of the molecule is Cl.O=C(c1ccc2c(c1)CNC2)N1CCc2sccc2C1. The van der Waals surface area contributed by atoms with Crippen molar-refractivity contribution in [2.24, 2.45) is 0 Å². The third kappa shape index (κ3) is 2.59. The maximum absolute atomic E-state index is 12.6. The largest absolute Gasteiger partial charge is 0.334 e. The first-order valence-electron chi connectivity index (χ1n) is 6.98. The van der Waals surface area contributed by atoms with Gasteiger partial charge in [-0.15, -0.1) is 23.7 Å². The van der Waals surface area contributed by atoms with Crippen molar-refractivity contribution in [2.45, 2.75) is 26.1 Å². The fraction of sp³-hybridized carbons (Fsp3) is 0.312. The summed E-state index contributed by atoms with van der Waals surface area (Å²) in [7, 11) is 0. The van der Waals surface area contributed by atoms with Crippen molar-refractivity contribution < 1.29 is 4.79 Å². The predicted octanol–water partition coefficient (Wildman–Crippen LogP) is 2.97. The van der Waals surface area contributed by atoms with Gasteiger partial charge in [0.2, 0.25) is 0 Å². The van der Waals surface area contributed by atoms with E-state index in [1.807, 2.05) is 11.0 Å². The van der Waals surface area contributed by atoms with Gasteiger partial charge in [-0.2, -0.15) is 0 Å². The van der Waals surface area contributed by atoms with Crippen molar-refractivity contribution in [2.75, 3.05) is 6.54 Å². The van der Waals surface area contributed by atoms with E-state index in [9.17, 15) is 4.79 Å². The minimum absolute atomic E-state index is 0. The number of nitrogens with zero attached hydrogens (tertiary/aromatic N) is 1. The summed E-state index contributed by atoms with van der Waals surface area (Å²) in [6.07, 6.45) is 0.991. The smallest absolute Gasteiger partial charge is 0.254 e. The lowest BCUT2D eigenvalue weighted by atomic mass is 10.0. The fourth-order valence-corrected chi connectivity index (χ4v) is 3.92. The highest BCUT2D eigenvalue weighted by molar-refractivity contribution is 7.10. The van der Waals surface area contributed by atoms with Crippen molar-refractivity contribution in [3.8, 4) is 0 Å². The number of carbonyl (C=O) groups is 1. The van der Waals surface area contributed by atoms with Crippen LogP contribution in [-0.2, 0) is 26.1 Å². The summed E-state index contributed by atoms with van der Waals surface area (Å²) in [5, 5.41) is 5.44. The Balaban J connectivity index is 0.00000132. The van der Waals surface area contributed by atoms with E-state index in [1.54, 1.807) is 11.3 Å². The number of hydrogen-bond acceptors (Lipinski definition) is 3. The highest BCUT2D eigenvalue weighted by Crippen LogP contribution is 2.25. The Morgan fingerprint density at radius 2 is 2.00 bits per heavy atom. The Morgan fingerprint density at radius 3 is 2.90 bits per heavy atom. The van der Waals surface area contributed by atoms with Gasteiger partial charge < -0.3 is 10.2 Å². The minimum Gasteiger partial charge on any atom is -0.334 e. The second-order valence-electron chi connectivity index (χ2n) is 5.43. The molecule has 0 unspecified atom stereocenters. The van der Waals surface area contributed by atoms with Gasteiger partial charge in [0.15, 0.2) is 0 Å². The van der Waals surface area contributed by atoms with Crippen LogP contribution in [0.5, 0.6) is 0 Å². The molecule has 3 heterocycles. The Bertz CT molecular complexity index is 683. The Kier molecular flexibility index (Phi) is 4.02. The second kappa shape index (κ2) is 5.79. The first-order valence-corrected chi connectivity index (χ1v) is 7.86. The number of fused-ring (bicyclic) bond motifs is 2. The molecule has 1 aromatic carbocycles. The van der Waals surface area contributed by atoms with Gasteiger partial charge in [0.25, 0.3) is 5.91 Å². The third-order valence-corrected chi connectivity index (χ3v) is 5.20. The Hall–Kier alpha value is -1.36. The number of amides is 1. The normalized spacial score (nSPS) is 16.1. The zero-order valence-corrected chi connectivity index (χ0v) is 13.2. The molecular formula is C16H17ClN2OS. The Morgan fingerprint density at radius 1 is 1.14 bits per heavy atom. The topological polar surface area (TPSA) is 32.3 Å². The molecule has 110 valence electrons. The zero-order valence-electron chi connectivity index (χ0n) is 11.6. The molecule has 0 radical (unpaired) electrons. The van der Waals surface area contributed by atoms with Crippen molar-refractivity contribution in [3.63, 3.8) is 0 Å². The number of nitrogens with one attached hydrogen (secondary N) is 1. The number of rotatable bonds is 1. The van der Waals surface area contributed by atoms with Crippen LogP contribution in [0, 0.1) is 0 Å². The van der Waals surface area contributed by atoms with Crippen LogP contribution in [-0.4, -0.2) is 17.4 Å². The molecule has 0 saturated carbocycles. The number of halogens is 1. The first kappa shape index (κ1) is 14.6. The lowest BCUT2D eigenvalue weighted by Crippen LogP contribution is -2.35. The zero-order chi connectivity index (χ0) is 13.5. The number of benzene rings is 1. The third-order valence-electron chi connectivity index (χ3n) is 4.18. The molecule has 3 nitrogen and oxygen atoms in total. The van der Waals surface area contributed by atoms with Gasteiger partial charge in [0.05, 0.1) is 0 Å². The molecule has 1 amide bonds. The second-order valence-corrected chi connectivity index (χ2v) is 6.43. The molecule has 0 spiro atoms. The van der Waals surface area contributed by atoms with Crippen molar-refractivity contribution in [1.82, 2.24) is 10.2 Å². The summed E-state index contributed by atoms with van der Waals surface area (Å²) in [6.45, 7) is 3.39. The molecule has 1 N–H and O–H groups in total. The average Bonchev–Trinajstić information content (AvgIpc) is 3.13. The molecular weight excluding hydrogens is 304 g/mol. The first-order chi connectivity index (χ1) is 9.81. The average molecular weight is 321 g/mol. The van der Waals surface area contributed by atoms with E-state index in [1.165, 1.54) is 21.6 Å². The van der Waals surface area contributed by atoms with Crippen LogP contribution in [0.3, 0.4) is 0 Å². The van der Waals surface area contributed by atoms with Gasteiger partial charge in [-0.3, -0.25) is 4.79 Å². The molecule has 2 aromatic rings. The van der Waals surface area contributed by atoms with Crippen LogP contribution in [0.1, 0.15) is 31.9 Å². The van der Waals surface area contributed by atoms with Gasteiger partial charge in [-0.1, -0.05) is 6.07 Å². The summed E-state index contributed by atoms with van der Waals surface area (Å²) in [4.78, 5) is 16.0. The van der Waals surface area contributed by atoms with Crippen molar-refractivity contribution >= 4 is 29.7 Å². The molecule has 4 rings (SSSR count). The van der Waals surface area contributed by atoms with E-state index in [0.29, 0.717) is 0 Å². The summed E-state index contributed by atoms with van der Waals surface area (Å²) in [5.74, 6) is 0.163. The molecule has 1 aromatic heterocycles. The highest BCUT2D eigenvalue weighted by atomic mass is 35.5. The van der Waals surface area contributed by atoms with Crippen molar-refractivity contribution in [1.29, 1.82) is 0 Å². The highest BCUT2D eigenvalue weighted by Gasteiger charge is 2.23. The fourth-order valence-electron chi connectivity index (χ4n) is 3.03.